The summed E-state index contributed by atoms with van der Waals surface area (Å²) < 4.78 is 0. The number of carbonyl (C=O) groups excluding carboxylic acids is 2. The van der Waals surface area contributed by atoms with E-state index in [2.05, 4.69) is 16.0 Å². The maximum absolute atomic E-state index is 12.1. The second-order valence-electron chi connectivity index (χ2n) is 5.29. The number of hydrogen-bond acceptors (Lipinski definition) is 3. The Kier molecular flexibility index (Phi) is 5.19. The molecule has 6 nitrogen and oxygen atoms in total. The first kappa shape index (κ1) is 16.4. The van der Waals surface area contributed by atoms with Gasteiger partial charge >= 0.3 is 6.03 Å². The van der Waals surface area contributed by atoms with Gasteiger partial charge in [-0.15, -0.1) is 0 Å². The van der Waals surface area contributed by atoms with E-state index in [1.807, 2.05) is 43.3 Å². The Hall–Kier alpha value is -3.02. The molecule has 0 saturated carbocycles. The first-order valence-corrected chi connectivity index (χ1v) is 7.17. The van der Waals surface area contributed by atoms with E-state index in [0.29, 0.717) is 17.1 Å². The minimum atomic E-state index is -0.346. The summed E-state index contributed by atoms with van der Waals surface area (Å²) in [5.41, 5.74) is 2.92. The van der Waals surface area contributed by atoms with Gasteiger partial charge in [-0.25, -0.2) is 4.79 Å². The topological polar surface area (TPSA) is 73.5 Å². The van der Waals surface area contributed by atoms with Gasteiger partial charge in [0.25, 0.3) is 0 Å². The standard InChI is InChI=1S/C17H20N4O2/c1-12(22)18-13-6-4-7-14(10-13)19-17(23)20-15-8-5-9-16(11-15)21(2)3/h4-11H,1-3H3,(H,18,22)(H2,19,20,23). The van der Waals surface area contributed by atoms with Crippen molar-refractivity contribution in [2.45, 2.75) is 6.92 Å². The number of rotatable bonds is 4. The molecular weight excluding hydrogens is 292 g/mol. The minimum absolute atomic E-state index is 0.160. The van der Waals surface area contributed by atoms with Gasteiger partial charge in [-0.2, -0.15) is 0 Å². The van der Waals surface area contributed by atoms with Crippen molar-refractivity contribution in [3.8, 4) is 0 Å². The quantitative estimate of drug-likeness (QED) is 0.810. The molecule has 0 aromatic heterocycles. The first-order valence-electron chi connectivity index (χ1n) is 7.17. The van der Waals surface area contributed by atoms with Gasteiger partial charge in [0.1, 0.15) is 0 Å². The molecule has 0 saturated heterocycles. The van der Waals surface area contributed by atoms with E-state index >= 15 is 0 Å². The van der Waals surface area contributed by atoms with Gasteiger partial charge in [-0.05, 0) is 36.4 Å². The van der Waals surface area contributed by atoms with Gasteiger partial charge < -0.3 is 20.9 Å². The lowest BCUT2D eigenvalue weighted by molar-refractivity contribution is -0.114. The molecule has 120 valence electrons. The lowest BCUT2D eigenvalue weighted by atomic mass is 10.2. The van der Waals surface area contributed by atoms with Crippen LogP contribution in [0.2, 0.25) is 0 Å². The van der Waals surface area contributed by atoms with Gasteiger partial charge in [0, 0.05) is 43.8 Å². The van der Waals surface area contributed by atoms with E-state index in [1.54, 1.807) is 24.3 Å². The fourth-order valence-corrected chi connectivity index (χ4v) is 2.03. The lowest BCUT2D eigenvalue weighted by Gasteiger charge is -2.14. The molecule has 0 aliphatic rings. The molecule has 0 unspecified atom stereocenters. The Morgan fingerprint density at radius 1 is 0.826 bits per heavy atom. The zero-order valence-corrected chi connectivity index (χ0v) is 13.4. The van der Waals surface area contributed by atoms with Crippen LogP contribution in [0.5, 0.6) is 0 Å². The van der Waals surface area contributed by atoms with Crippen molar-refractivity contribution >= 4 is 34.7 Å². The summed E-state index contributed by atoms with van der Waals surface area (Å²) in [6, 6.07) is 14.1. The molecule has 0 heterocycles. The molecule has 0 fully saturated rings. The molecule has 3 amide bonds. The monoisotopic (exact) mass is 312 g/mol. The Labute approximate surface area is 135 Å². The summed E-state index contributed by atoms with van der Waals surface area (Å²) in [4.78, 5) is 25.1. The third-order valence-electron chi connectivity index (χ3n) is 3.06. The van der Waals surface area contributed by atoms with Crippen molar-refractivity contribution in [3.05, 3.63) is 48.5 Å². The highest BCUT2D eigenvalue weighted by atomic mass is 16.2. The molecule has 0 radical (unpaired) electrons. The van der Waals surface area contributed by atoms with Crippen LogP contribution in [0.4, 0.5) is 27.5 Å². The molecule has 0 spiro atoms. The van der Waals surface area contributed by atoms with Crippen LogP contribution in [0.25, 0.3) is 0 Å². The van der Waals surface area contributed by atoms with E-state index in [1.165, 1.54) is 6.92 Å². The van der Waals surface area contributed by atoms with Crippen LogP contribution in [-0.2, 0) is 4.79 Å². The number of carbonyl (C=O) groups is 2. The number of anilines is 4. The van der Waals surface area contributed by atoms with Crippen molar-refractivity contribution in [2.75, 3.05) is 34.9 Å². The smallest absolute Gasteiger partial charge is 0.323 e. The second kappa shape index (κ2) is 7.31. The zero-order valence-electron chi connectivity index (χ0n) is 13.4. The van der Waals surface area contributed by atoms with Crippen LogP contribution < -0.4 is 20.9 Å². The molecule has 2 rings (SSSR count). The summed E-state index contributed by atoms with van der Waals surface area (Å²) in [7, 11) is 3.87. The van der Waals surface area contributed by atoms with Crippen LogP contribution in [-0.4, -0.2) is 26.0 Å². The van der Waals surface area contributed by atoms with E-state index in [-0.39, 0.29) is 11.9 Å². The van der Waals surface area contributed by atoms with Crippen LogP contribution in [0.15, 0.2) is 48.5 Å². The fraction of sp³-hybridized carbons (Fsp3) is 0.176. The second-order valence-corrected chi connectivity index (χ2v) is 5.29. The third kappa shape index (κ3) is 5.03. The summed E-state index contributed by atoms with van der Waals surface area (Å²) in [5, 5.41) is 8.19. The van der Waals surface area contributed by atoms with Crippen molar-refractivity contribution < 1.29 is 9.59 Å². The highest BCUT2D eigenvalue weighted by molar-refractivity contribution is 6.00. The van der Waals surface area contributed by atoms with Crippen LogP contribution >= 0.6 is 0 Å². The Balaban J connectivity index is 2.02. The molecule has 0 bridgehead atoms. The molecule has 23 heavy (non-hydrogen) atoms. The number of nitrogens with one attached hydrogen (secondary N) is 3. The van der Waals surface area contributed by atoms with Crippen molar-refractivity contribution in [3.63, 3.8) is 0 Å². The van der Waals surface area contributed by atoms with Gasteiger partial charge in [-0.1, -0.05) is 12.1 Å². The van der Waals surface area contributed by atoms with E-state index < -0.39 is 0 Å². The highest BCUT2D eigenvalue weighted by Gasteiger charge is 2.05. The van der Waals surface area contributed by atoms with E-state index in [0.717, 1.165) is 5.69 Å². The lowest BCUT2D eigenvalue weighted by Crippen LogP contribution is -2.20. The average molecular weight is 312 g/mol. The first-order chi connectivity index (χ1) is 10.9. The number of hydrogen-bond donors (Lipinski definition) is 3. The predicted molar refractivity (Wildman–Crippen MR) is 94.2 cm³/mol. The molecule has 0 aliphatic heterocycles. The largest absolute Gasteiger partial charge is 0.378 e. The number of urea groups is 1. The highest BCUT2D eigenvalue weighted by Crippen LogP contribution is 2.18. The Morgan fingerprint density at radius 3 is 1.91 bits per heavy atom. The van der Waals surface area contributed by atoms with Gasteiger partial charge in [0.15, 0.2) is 0 Å². The maximum Gasteiger partial charge on any atom is 0.323 e. The summed E-state index contributed by atoms with van der Waals surface area (Å²) in [5.74, 6) is -0.160. The fourth-order valence-electron chi connectivity index (χ4n) is 2.03. The van der Waals surface area contributed by atoms with Crippen molar-refractivity contribution in [1.29, 1.82) is 0 Å². The third-order valence-corrected chi connectivity index (χ3v) is 3.06. The van der Waals surface area contributed by atoms with Crippen LogP contribution in [0, 0.1) is 0 Å². The minimum Gasteiger partial charge on any atom is -0.378 e. The summed E-state index contributed by atoms with van der Waals surface area (Å²) in [6.45, 7) is 1.44. The SMILES string of the molecule is CC(=O)Nc1cccc(NC(=O)Nc2cccc(N(C)C)c2)c1. The molecular formula is C17H20N4O2. The molecule has 3 N–H and O–H groups in total. The van der Waals surface area contributed by atoms with Crippen molar-refractivity contribution in [2.24, 2.45) is 0 Å². The van der Waals surface area contributed by atoms with E-state index in [4.69, 9.17) is 0 Å². The maximum atomic E-state index is 12.1. The molecule has 6 heteroatoms. The molecule has 2 aromatic carbocycles. The predicted octanol–water partition coefficient (Wildman–Crippen LogP) is 3.36. The summed E-state index contributed by atoms with van der Waals surface area (Å²) >= 11 is 0. The number of benzene rings is 2. The Bertz CT molecular complexity index is 713. The zero-order chi connectivity index (χ0) is 16.8. The number of nitrogens with zero attached hydrogens (tertiary/aromatic N) is 1. The summed E-state index contributed by atoms with van der Waals surface area (Å²) in [6.07, 6.45) is 0. The van der Waals surface area contributed by atoms with Crippen molar-refractivity contribution in [1.82, 2.24) is 0 Å². The molecule has 0 aliphatic carbocycles. The number of amides is 3. The molecule has 2 aromatic rings. The average Bonchev–Trinajstić information content (AvgIpc) is 2.47. The van der Waals surface area contributed by atoms with Crippen LogP contribution in [0.1, 0.15) is 6.92 Å². The van der Waals surface area contributed by atoms with Gasteiger partial charge in [0.2, 0.25) is 5.91 Å². The van der Waals surface area contributed by atoms with Crippen LogP contribution in [0.3, 0.4) is 0 Å². The normalized spacial score (nSPS) is 9.87. The van der Waals surface area contributed by atoms with E-state index in [9.17, 15) is 9.59 Å². The molecule has 0 atom stereocenters. The Morgan fingerprint density at radius 2 is 1.35 bits per heavy atom. The van der Waals surface area contributed by atoms with Gasteiger partial charge in [0.05, 0.1) is 0 Å². The van der Waals surface area contributed by atoms with Gasteiger partial charge in [-0.3, -0.25) is 4.79 Å².